The van der Waals surface area contributed by atoms with Crippen molar-refractivity contribution >= 4 is 11.8 Å². The largest absolute Gasteiger partial charge is 0.508 e. The predicted octanol–water partition coefficient (Wildman–Crippen LogP) is 3.80. The van der Waals surface area contributed by atoms with Crippen molar-refractivity contribution in [2.24, 2.45) is 17.3 Å². The molecule has 0 radical (unpaired) electrons. The number of ether oxygens (including phenoxy) is 1. The number of fused-ring (bicyclic) bond motifs is 5. The lowest BCUT2D eigenvalue weighted by molar-refractivity contribution is -0.142. The zero-order valence-electron chi connectivity index (χ0n) is 15.8. The minimum absolute atomic E-state index is 0.0898. The molecule has 4 rings (SSSR count). The SMILES string of the molecule is CCOC(=O)/C(O)=C1\C[C@H]2[C@@H]3CCc4cc(O)ccc4[C@H]3CC[C@]2(C)C1=O. The van der Waals surface area contributed by atoms with Crippen molar-refractivity contribution in [3.05, 3.63) is 40.7 Å². The van der Waals surface area contributed by atoms with E-state index in [-0.39, 0.29) is 23.9 Å². The van der Waals surface area contributed by atoms with Gasteiger partial charge in [0.25, 0.3) is 0 Å². The van der Waals surface area contributed by atoms with Gasteiger partial charge in [0.2, 0.25) is 5.76 Å². The molecule has 0 saturated heterocycles. The molecule has 0 spiro atoms. The fourth-order valence-electron chi connectivity index (χ4n) is 5.73. The topological polar surface area (TPSA) is 83.8 Å². The molecule has 144 valence electrons. The van der Waals surface area contributed by atoms with Crippen molar-refractivity contribution in [3.63, 3.8) is 0 Å². The van der Waals surface area contributed by atoms with Crippen molar-refractivity contribution in [1.82, 2.24) is 0 Å². The number of allylic oxidation sites excluding steroid dienone is 1. The summed E-state index contributed by atoms with van der Waals surface area (Å²) < 4.78 is 4.89. The number of aliphatic hydroxyl groups excluding tert-OH is 1. The van der Waals surface area contributed by atoms with E-state index in [2.05, 4.69) is 0 Å². The molecule has 0 amide bonds. The van der Waals surface area contributed by atoms with E-state index in [1.165, 1.54) is 11.1 Å². The number of aromatic hydroxyl groups is 1. The lowest BCUT2D eigenvalue weighted by Gasteiger charge is -2.48. The highest BCUT2D eigenvalue weighted by Gasteiger charge is 2.57. The van der Waals surface area contributed by atoms with Gasteiger partial charge in [-0.3, -0.25) is 4.79 Å². The third-order valence-corrected chi connectivity index (χ3v) is 7.07. The number of carbonyl (C=O) groups excluding carboxylic acids is 2. The summed E-state index contributed by atoms with van der Waals surface area (Å²) >= 11 is 0. The van der Waals surface area contributed by atoms with Crippen LogP contribution < -0.4 is 0 Å². The van der Waals surface area contributed by atoms with Crippen LogP contribution in [0.5, 0.6) is 5.75 Å². The molecular formula is C22H26O5. The molecule has 1 aromatic rings. The first-order valence-electron chi connectivity index (χ1n) is 9.82. The van der Waals surface area contributed by atoms with Gasteiger partial charge in [-0.05, 0) is 80.0 Å². The summed E-state index contributed by atoms with van der Waals surface area (Å²) in [5, 5.41) is 20.1. The van der Waals surface area contributed by atoms with Gasteiger partial charge in [0.05, 0.1) is 6.61 Å². The van der Waals surface area contributed by atoms with Crippen LogP contribution in [0.2, 0.25) is 0 Å². The number of phenols is 1. The Morgan fingerprint density at radius 1 is 1.33 bits per heavy atom. The lowest BCUT2D eigenvalue weighted by atomic mass is 9.55. The molecule has 0 heterocycles. The van der Waals surface area contributed by atoms with E-state index in [1.807, 2.05) is 19.1 Å². The van der Waals surface area contributed by atoms with Crippen molar-refractivity contribution in [2.75, 3.05) is 6.61 Å². The van der Waals surface area contributed by atoms with E-state index in [0.29, 0.717) is 24.0 Å². The molecule has 3 aliphatic carbocycles. The highest BCUT2D eigenvalue weighted by Crippen LogP contribution is 2.61. The summed E-state index contributed by atoms with van der Waals surface area (Å²) in [6.07, 6.45) is 3.94. The second kappa shape index (κ2) is 6.39. The van der Waals surface area contributed by atoms with Crippen LogP contribution >= 0.6 is 0 Å². The van der Waals surface area contributed by atoms with Crippen LogP contribution in [-0.4, -0.2) is 28.6 Å². The van der Waals surface area contributed by atoms with Crippen LogP contribution in [0.3, 0.4) is 0 Å². The van der Waals surface area contributed by atoms with Crippen molar-refractivity contribution in [2.45, 2.75) is 51.9 Å². The molecule has 4 atom stereocenters. The fraction of sp³-hybridized carbons (Fsp3) is 0.545. The molecule has 5 nitrogen and oxygen atoms in total. The number of carbonyl (C=O) groups is 2. The number of esters is 1. The summed E-state index contributed by atoms with van der Waals surface area (Å²) in [5.74, 6) is -0.264. The maximum Gasteiger partial charge on any atom is 0.373 e. The molecule has 5 heteroatoms. The van der Waals surface area contributed by atoms with Gasteiger partial charge in [-0.1, -0.05) is 13.0 Å². The highest BCUT2D eigenvalue weighted by atomic mass is 16.5. The predicted molar refractivity (Wildman–Crippen MR) is 99.4 cm³/mol. The molecule has 27 heavy (non-hydrogen) atoms. The van der Waals surface area contributed by atoms with Crippen LogP contribution in [0.15, 0.2) is 29.5 Å². The summed E-state index contributed by atoms with van der Waals surface area (Å²) in [6.45, 7) is 3.84. The standard InChI is InChI=1S/C22H26O5/c1-3-27-21(26)19(24)17-11-18-16-6-4-12-10-13(23)5-7-14(12)15(16)8-9-22(18,2)20(17)25/h5,7,10,15-16,18,23-24H,3-4,6,8-9,11H2,1-2H3/b19-17-/t15-,16-,18+,22+/m1/s1. The number of Topliss-reactive ketones (excluding diaryl/α,β-unsaturated/α-hetero) is 1. The normalized spacial score (nSPS) is 33.7. The Bertz CT molecular complexity index is 839. The molecule has 2 N–H and O–H groups in total. The zero-order valence-corrected chi connectivity index (χ0v) is 15.8. The van der Waals surface area contributed by atoms with Gasteiger partial charge in [-0.2, -0.15) is 0 Å². The number of phenolic OH excluding ortho intramolecular Hbond substituents is 1. The Labute approximate surface area is 159 Å². The lowest BCUT2D eigenvalue weighted by Crippen LogP contribution is -2.42. The smallest absolute Gasteiger partial charge is 0.373 e. The van der Waals surface area contributed by atoms with Crippen LogP contribution in [0, 0.1) is 17.3 Å². The average Bonchev–Trinajstić information content (AvgIpc) is 2.92. The molecule has 2 saturated carbocycles. The molecule has 0 unspecified atom stereocenters. The number of aliphatic hydroxyl groups is 1. The minimum atomic E-state index is -0.802. The Morgan fingerprint density at radius 2 is 2.11 bits per heavy atom. The third kappa shape index (κ3) is 2.67. The molecule has 0 bridgehead atoms. The Hall–Kier alpha value is -2.30. The average molecular weight is 370 g/mol. The second-order valence-corrected chi connectivity index (χ2v) is 8.34. The van der Waals surface area contributed by atoms with Crippen molar-refractivity contribution in [1.29, 1.82) is 0 Å². The highest BCUT2D eigenvalue weighted by molar-refractivity contribution is 6.07. The number of rotatable bonds is 2. The number of hydrogen-bond acceptors (Lipinski definition) is 5. The summed E-state index contributed by atoms with van der Waals surface area (Å²) in [7, 11) is 0. The summed E-state index contributed by atoms with van der Waals surface area (Å²) in [5.41, 5.74) is 2.21. The molecular weight excluding hydrogens is 344 g/mol. The van der Waals surface area contributed by atoms with Crippen molar-refractivity contribution in [3.8, 4) is 5.75 Å². The van der Waals surface area contributed by atoms with E-state index < -0.39 is 17.1 Å². The van der Waals surface area contributed by atoms with Gasteiger partial charge in [0, 0.05) is 11.0 Å². The van der Waals surface area contributed by atoms with Gasteiger partial charge in [-0.25, -0.2) is 4.79 Å². The fourth-order valence-corrected chi connectivity index (χ4v) is 5.73. The molecule has 2 fully saturated rings. The van der Waals surface area contributed by atoms with Gasteiger partial charge in [0.1, 0.15) is 5.75 Å². The second-order valence-electron chi connectivity index (χ2n) is 8.34. The van der Waals surface area contributed by atoms with Gasteiger partial charge < -0.3 is 14.9 Å². The summed E-state index contributed by atoms with van der Waals surface area (Å²) in [6, 6.07) is 5.62. The maximum absolute atomic E-state index is 13.1. The molecule has 1 aromatic carbocycles. The number of hydrogen-bond donors (Lipinski definition) is 2. The molecule has 3 aliphatic rings. The Balaban J connectivity index is 1.69. The Kier molecular flexibility index (Phi) is 4.28. The van der Waals surface area contributed by atoms with E-state index >= 15 is 0 Å². The number of ketones is 1. The first-order valence-corrected chi connectivity index (χ1v) is 9.82. The Morgan fingerprint density at radius 3 is 2.85 bits per heavy atom. The quantitative estimate of drug-likeness (QED) is 0.470. The van der Waals surface area contributed by atoms with E-state index in [4.69, 9.17) is 4.74 Å². The van der Waals surface area contributed by atoms with E-state index in [9.17, 15) is 19.8 Å². The molecule has 0 aliphatic heterocycles. The molecule has 0 aromatic heterocycles. The van der Waals surface area contributed by atoms with Crippen LogP contribution in [0.1, 0.15) is 56.6 Å². The third-order valence-electron chi connectivity index (χ3n) is 7.07. The first-order chi connectivity index (χ1) is 12.9. The van der Waals surface area contributed by atoms with E-state index in [1.54, 1.807) is 13.0 Å². The number of benzene rings is 1. The number of aryl methyl sites for hydroxylation is 1. The van der Waals surface area contributed by atoms with Crippen LogP contribution in [0.4, 0.5) is 0 Å². The minimum Gasteiger partial charge on any atom is -0.508 e. The van der Waals surface area contributed by atoms with Gasteiger partial charge in [0.15, 0.2) is 5.78 Å². The maximum atomic E-state index is 13.1. The van der Waals surface area contributed by atoms with Crippen molar-refractivity contribution < 1.29 is 24.5 Å². The van der Waals surface area contributed by atoms with Gasteiger partial charge >= 0.3 is 5.97 Å². The monoisotopic (exact) mass is 370 g/mol. The van der Waals surface area contributed by atoms with E-state index in [0.717, 1.165) is 25.7 Å². The van der Waals surface area contributed by atoms with Gasteiger partial charge in [-0.15, -0.1) is 0 Å². The summed E-state index contributed by atoms with van der Waals surface area (Å²) in [4.78, 5) is 25.1. The first kappa shape index (κ1) is 18.1. The van der Waals surface area contributed by atoms with Crippen LogP contribution in [-0.2, 0) is 20.7 Å². The van der Waals surface area contributed by atoms with Crippen LogP contribution in [0.25, 0.3) is 0 Å². The zero-order chi connectivity index (χ0) is 19.3.